The van der Waals surface area contributed by atoms with E-state index in [4.69, 9.17) is 4.74 Å². The standard InChI is InChI=1S/C16H27NO/c1-13-9-6-7-11-15(13)18-14(2)10-8-12-17-16(3,4)5/h6-7,9,11,14,17H,8,10,12H2,1-5H3. The molecule has 1 N–H and O–H groups in total. The number of ether oxygens (including phenoxy) is 1. The molecule has 0 fully saturated rings. The Labute approximate surface area is 112 Å². The number of para-hydroxylation sites is 1. The van der Waals surface area contributed by atoms with Crippen LogP contribution >= 0.6 is 0 Å². The first-order valence-electron chi connectivity index (χ1n) is 6.86. The van der Waals surface area contributed by atoms with Crippen LogP contribution in [0.25, 0.3) is 0 Å². The molecule has 102 valence electrons. The first-order chi connectivity index (χ1) is 8.38. The van der Waals surface area contributed by atoms with Crippen molar-refractivity contribution in [2.45, 2.75) is 59.1 Å². The van der Waals surface area contributed by atoms with E-state index in [1.54, 1.807) is 0 Å². The Morgan fingerprint density at radius 1 is 1.22 bits per heavy atom. The molecular formula is C16H27NO. The van der Waals surface area contributed by atoms with E-state index < -0.39 is 0 Å². The molecule has 0 aromatic heterocycles. The molecule has 0 amide bonds. The summed E-state index contributed by atoms with van der Waals surface area (Å²) in [5.74, 6) is 1.01. The molecule has 0 radical (unpaired) electrons. The smallest absolute Gasteiger partial charge is 0.122 e. The van der Waals surface area contributed by atoms with E-state index in [-0.39, 0.29) is 11.6 Å². The molecule has 1 aromatic carbocycles. The topological polar surface area (TPSA) is 21.3 Å². The highest BCUT2D eigenvalue weighted by Crippen LogP contribution is 2.19. The van der Waals surface area contributed by atoms with Crippen LogP contribution < -0.4 is 10.1 Å². The van der Waals surface area contributed by atoms with Gasteiger partial charge in [0.05, 0.1) is 6.10 Å². The molecule has 1 rings (SSSR count). The van der Waals surface area contributed by atoms with Gasteiger partial charge in [-0.25, -0.2) is 0 Å². The first kappa shape index (κ1) is 15.0. The monoisotopic (exact) mass is 249 g/mol. The van der Waals surface area contributed by atoms with E-state index in [1.165, 1.54) is 5.56 Å². The lowest BCUT2D eigenvalue weighted by molar-refractivity contribution is 0.204. The fourth-order valence-corrected chi connectivity index (χ4v) is 1.82. The third-order valence-electron chi connectivity index (χ3n) is 2.86. The average Bonchev–Trinajstić information content (AvgIpc) is 2.26. The number of hydrogen-bond donors (Lipinski definition) is 1. The Balaban J connectivity index is 2.26. The second kappa shape index (κ2) is 6.79. The van der Waals surface area contributed by atoms with Gasteiger partial charge in [0.15, 0.2) is 0 Å². The zero-order valence-corrected chi connectivity index (χ0v) is 12.4. The lowest BCUT2D eigenvalue weighted by Gasteiger charge is -2.21. The molecule has 0 spiro atoms. The van der Waals surface area contributed by atoms with Crippen LogP contribution in [0.5, 0.6) is 5.75 Å². The first-order valence-corrected chi connectivity index (χ1v) is 6.86. The molecule has 18 heavy (non-hydrogen) atoms. The normalized spacial score (nSPS) is 13.4. The molecule has 2 heteroatoms. The van der Waals surface area contributed by atoms with Crippen molar-refractivity contribution in [1.29, 1.82) is 0 Å². The van der Waals surface area contributed by atoms with Gasteiger partial charge in [-0.1, -0.05) is 18.2 Å². The molecule has 0 aliphatic carbocycles. The maximum Gasteiger partial charge on any atom is 0.122 e. The minimum Gasteiger partial charge on any atom is -0.490 e. The van der Waals surface area contributed by atoms with Crippen LogP contribution in [0, 0.1) is 6.92 Å². The van der Waals surface area contributed by atoms with Gasteiger partial charge < -0.3 is 10.1 Å². The van der Waals surface area contributed by atoms with Gasteiger partial charge in [0.2, 0.25) is 0 Å². The van der Waals surface area contributed by atoms with Crippen LogP contribution in [-0.4, -0.2) is 18.2 Å². The molecule has 1 atom stereocenters. The van der Waals surface area contributed by atoms with Gasteiger partial charge in [-0.3, -0.25) is 0 Å². The van der Waals surface area contributed by atoms with Crippen LogP contribution in [0.1, 0.15) is 46.1 Å². The maximum atomic E-state index is 5.95. The Kier molecular flexibility index (Phi) is 5.67. The average molecular weight is 249 g/mol. The van der Waals surface area contributed by atoms with Crippen molar-refractivity contribution in [2.24, 2.45) is 0 Å². The van der Waals surface area contributed by atoms with E-state index in [9.17, 15) is 0 Å². The lowest BCUT2D eigenvalue weighted by Crippen LogP contribution is -2.36. The quantitative estimate of drug-likeness (QED) is 0.771. The molecular weight excluding hydrogens is 222 g/mol. The Bertz CT molecular complexity index is 354. The molecule has 0 aliphatic heterocycles. The zero-order chi connectivity index (χ0) is 13.6. The highest BCUT2D eigenvalue weighted by Gasteiger charge is 2.09. The molecule has 1 unspecified atom stereocenters. The van der Waals surface area contributed by atoms with E-state index >= 15 is 0 Å². The summed E-state index contributed by atoms with van der Waals surface area (Å²) in [5, 5.41) is 3.50. The van der Waals surface area contributed by atoms with Crippen LogP contribution in [0.4, 0.5) is 0 Å². The molecule has 0 saturated heterocycles. The van der Waals surface area contributed by atoms with E-state index in [0.29, 0.717) is 0 Å². The highest BCUT2D eigenvalue weighted by molar-refractivity contribution is 5.31. The van der Waals surface area contributed by atoms with Crippen molar-refractivity contribution in [1.82, 2.24) is 5.32 Å². The fraction of sp³-hybridized carbons (Fsp3) is 0.625. The van der Waals surface area contributed by atoms with Crippen molar-refractivity contribution in [3.05, 3.63) is 29.8 Å². The second-order valence-corrected chi connectivity index (χ2v) is 6.01. The van der Waals surface area contributed by atoms with Gasteiger partial charge in [0, 0.05) is 5.54 Å². The van der Waals surface area contributed by atoms with Crippen molar-refractivity contribution < 1.29 is 4.74 Å². The summed E-state index contributed by atoms with van der Waals surface area (Å²) in [6, 6.07) is 8.19. The Morgan fingerprint density at radius 2 is 1.89 bits per heavy atom. The van der Waals surface area contributed by atoms with Gasteiger partial charge in [-0.2, -0.15) is 0 Å². The number of benzene rings is 1. The van der Waals surface area contributed by atoms with Crippen molar-refractivity contribution in [3.63, 3.8) is 0 Å². The minimum atomic E-state index is 0.208. The SMILES string of the molecule is Cc1ccccc1OC(C)CCCNC(C)(C)C. The largest absolute Gasteiger partial charge is 0.490 e. The Morgan fingerprint density at radius 3 is 2.50 bits per heavy atom. The summed E-state index contributed by atoms with van der Waals surface area (Å²) in [6.07, 6.45) is 2.50. The molecule has 0 aliphatic rings. The summed E-state index contributed by atoms with van der Waals surface area (Å²) in [7, 11) is 0. The zero-order valence-electron chi connectivity index (χ0n) is 12.4. The van der Waals surface area contributed by atoms with Crippen molar-refractivity contribution >= 4 is 0 Å². The van der Waals surface area contributed by atoms with Gasteiger partial charge in [0.25, 0.3) is 0 Å². The predicted octanol–water partition coefficient (Wildman–Crippen LogP) is 3.93. The summed E-state index contributed by atoms with van der Waals surface area (Å²) in [6.45, 7) is 11.9. The lowest BCUT2D eigenvalue weighted by atomic mass is 10.1. The number of hydrogen-bond acceptors (Lipinski definition) is 2. The molecule has 0 heterocycles. The van der Waals surface area contributed by atoms with Gasteiger partial charge in [0.1, 0.15) is 5.75 Å². The van der Waals surface area contributed by atoms with Crippen molar-refractivity contribution in [2.75, 3.05) is 6.54 Å². The molecule has 1 aromatic rings. The van der Waals surface area contributed by atoms with Gasteiger partial charge in [-0.05, 0) is 65.6 Å². The number of nitrogens with one attached hydrogen (secondary N) is 1. The minimum absolute atomic E-state index is 0.208. The van der Waals surface area contributed by atoms with Crippen molar-refractivity contribution in [3.8, 4) is 5.75 Å². The number of aryl methyl sites for hydroxylation is 1. The maximum absolute atomic E-state index is 5.95. The molecule has 2 nitrogen and oxygen atoms in total. The van der Waals surface area contributed by atoms with E-state index in [1.807, 2.05) is 18.2 Å². The summed E-state index contributed by atoms with van der Waals surface area (Å²) in [5.41, 5.74) is 1.41. The molecule has 0 saturated carbocycles. The summed E-state index contributed by atoms with van der Waals surface area (Å²) in [4.78, 5) is 0. The van der Waals surface area contributed by atoms with Crippen LogP contribution in [0.2, 0.25) is 0 Å². The third kappa shape index (κ3) is 6.06. The van der Waals surface area contributed by atoms with E-state index in [2.05, 4.69) is 46.0 Å². The highest BCUT2D eigenvalue weighted by atomic mass is 16.5. The van der Waals surface area contributed by atoms with Crippen LogP contribution in [-0.2, 0) is 0 Å². The third-order valence-corrected chi connectivity index (χ3v) is 2.86. The second-order valence-electron chi connectivity index (χ2n) is 6.01. The van der Waals surface area contributed by atoms with Gasteiger partial charge >= 0.3 is 0 Å². The molecule has 0 bridgehead atoms. The number of rotatable bonds is 6. The van der Waals surface area contributed by atoms with Gasteiger partial charge in [-0.15, -0.1) is 0 Å². The fourth-order valence-electron chi connectivity index (χ4n) is 1.82. The van der Waals surface area contributed by atoms with Crippen LogP contribution in [0.15, 0.2) is 24.3 Å². The summed E-state index contributed by atoms with van der Waals surface area (Å²) < 4.78 is 5.95. The Hall–Kier alpha value is -1.02. The van der Waals surface area contributed by atoms with Crippen LogP contribution in [0.3, 0.4) is 0 Å². The predicted molar refractivity (Wildman–Crippen MR) is 78.3 cm³/mol. The van der Waals surface area contributed by atoms with E-state index in [0.717, 1.165) is 25.1 Å². The summed E-state index contributed by atoms with van der Waals surface area (Å²) >= 11 is 0.